The molecule has 5 nitrogen and oxygen atoms in total. The van der Waals surface area contributed by atoms with Crippen LogP contribution >= 0.6 is 12.4 Å². The van der Waals surface area contributed by atoms with Crippen LogP contribution in [0.4, 0.5) is 0 Å². The second-order valence-electron chi connectivity index (χ2n) is 5.13. The molecule has 0 aliphatic rings. The van der Waals surface area contributed by atoms with Gasteiger partial charge in [-0.15, -0.1) is 12.4 Å². The monoisotopic (exact) mass is 276 g/mol. The van der Waals surface area contributed by atoms with Crippen molar-refractivity contribution in [3.05, 3.63) is 18.0 Å². The first-order valence-electron chi connectivity index (χ1n) is 6.08. The van der Waals surface area contributed by atoms with Gasteiger partial charge in [0.2, 0.25) is 0 Å². The summed E-state index contributed by atoms with van der Waals surface area (Å²) in [6, 6.07) is 0. The highest BCUT2D eigenvalue weighted by Crippen LogP contribution is 2.07. The quantitative estimate of drug-likeness (QED) is 0.775. The van der Waals surface area contributed by atoms with Crippen LogP contribution in [0, 0.1) is 0 Å². The molecule has 0 aromatic carbocycles. The Morgan fingerprint density at radius 1 is 1.50 bits per heavy atom. The molecule has 1 aromatic heterocycles. The van der Waals surface area contributed by atoms with Crippen molar-refractivity contribution >= 4 is 12.4 Å². The van der Waals surface area contributed by atoms with E-state index in [0.717, 1.165) is 25.2 Å². The maximum atomic E-state index is 9.06. The summed E-state index contributed by atoms with van der Waals surface area (Å²) >= 11 is 0. The van der Waals surface area contributed by atoms with Crippen molar-refractivity contribution in [2.24, 2.45) is 5.73 Å². The number of hydrogen-bond acceptors (Lipinski definition) is 4. The van der Waals surface area contributed by atoms with E-state index in [1.165, 1.54) is 0 Å². The highest BCUT2D eigenvalue weighted by Gasteiger charge is 2.17. The number of hydrogen-bond donors (Lipinski definition) is 2. The van der Waals surface area contributed by atoms with Gasteiger partial charge in [-0.1, -0.05) is 0 Å². The molecule has 3 N–H and O–H groups in total. The van der Waals surface area contributed by atoms with Crippen molar-refractivity contribution < 1.29 is 5.11 Å². The lowest BCUT2D eigenvalue weighted by Crippen LogP contribution is -2.45. The molecule has 0 unspecified atom stereocenters. The molecule has 0 bridgehead atoms. The van der Waals surface area contributed by atoms with Crippen molar-refractivity contribution in [1.29, 1.82) is 0 Å². The fourth-order valence-corrected chi connectivity index (χ4v) is 1.85. The van der Waals surface area contributed by atoms with Crippen LogP contribution in [-0.2, 0) is 13.1 Å². The SMILES string of the molecule is CCn1cc(CN(CCO)CC(C)(C)N)cn1.Cl. The zero-order valence-electron chi connectivity index (χ0n) is 11.5. The van der Waals surface area contributed by atoms with Crippen LogP contribution in [-0.4, -0.2) is 45.0 Å². The summed E-state index contributed by atoms with van der Waals surface area (Å²) in [5.41, 5.74) is 6.91. The van der Waals surface area contributed by atoms with Crippen LogP contribution in [0.2, 0.25) is 0 Å². The molecule has 0 amide bonds. The summed E-state index contributed by atoms with van der Waals surface area (Å²) in [7, 11) is 0. The number of halogens is 1. The lowest BCUT2D eigenvalue weighted by Gasteiger charge is -2.28. The molecule has 0 spiro atoms. The summed E-state index contributed by atoms with van der Waals surface area (Å²) in [5, 5.41) is 13.3. The molecule has 0 saturated carbocycles. The molecule has 0 aliphatic carbocycles. The first-order valence-corrected chi connectivity index (χ1v) is 6.08. The van der Waals surface area contributed by atoms with Crippen molar-refractivity contribution in [2.45, 2.75) is 39.4 Å². The van der Waals surface area contributed by atoms with Crippen LogP contribution in [0.3, 0.4) is 0 Å². The van der Waals surface area contributed by atoms with Gasteiger partial charge in [-0.05, 0) is 20.8 Å². The Hall–Kier alpha value is -0.620. The van der Waals surface area contributed by atoms with Crippen LogP contribution in [0.5, 0.6) is 0 Å². The minimum atomic E-state index is -0.254. The number of aliphatic hydroxyl groups is 1. The molecule has 0 aliphatic heterocycles. The first-order chi connectivity index (χ1) is 7.94. The van der Waals surface area contributed by atoms with E-state index in [1.54, 1.807) is 0 Å². The number of aliphatic hydroxyl groups excluding tert-OH is 1. The van der Waals surface area contributed by atoms with Crippen molar-refractivity contribution in [2.75, 3.05) is 19.7 Å². The number of aromatic nitrogens is 2. The molecule has 1 aromatic rings. The zero-order valence-corrected chi connectivity index (χ0v) is 12.3. The summed E-state index contributed by atoms with van der Waals surface area (Å²) in [5.74, 6) is 0. The molecular formula is C12H25ClN4O. The van der Waals surface area contributed by atoms with E-state index in [0.29, 0.717) is 6.54 Å². The third-order valence-corrected chi connectivity index (χ3v) is 2.46. The zero-order chi connectivity index (χ0) is 12.9. The van der Waals surface area contributed by atoms with Crippen molar-refractivity contribution in [3.63, 3.8) is 0 Å². The van der Waals surface area contributed by atoms with E-state index < -0.39 is 0 Å². The third-order valence-electron chi connectivity index (χ3n) is 2.46. The standard InChI is InChI=1S/C12H24N4O.ClH/c1-4-16-9-11(7-14-16)8-15(5-6-17)10-12(2,3)13;/h7,9,17H,4-6,8,10,13H2,1-3H3;1H. The Labute approximate surface area is 115 Å². The van der Waals surface area contributed by atoms with Crippen LogP contribution < -0.4 is 5.73 Å². The Morgan fingerprint density at radius 3 is 2.61 bits per heavy atom. The molecular weight excluding hydrogens is 252 g/mol. The van der Waals surface area contributed by atoms with Gasteiger partial charge in [-0.2, -0.15) is 5.10 Å². The smallest absolute Gasteiger partial charge is 0.0558 e. The fraction of sp³-hybridized carbons (Fsp3) is 0.750. The second kappa shape index (κ2) is 7.74. The minimum absolute atomic E-state index is 0. The van der Waals surface area contributed by atoms with Gasteiger partial charge in [0.05, 0.1) is 12.8 Å². The van der Waals surface area contributed by atoms with Gasteiger partial charge < -0.3 is 10.8 Å². The van der Waals surface area contributed by atoms with Gasteiger partial charge in [0.25, 0.3) is 0 Å². The first kappa shape index (κ1) is 17.4. The maximum absolute atomic E-state index is 9.06. The molecule has 6 heteroatoms. The van der Waals surface area contributed by atoms with Crippen LogP contribution in [0.1, 0.15) is 26.3 Å². The molecule has 0 fully saturated rings. The average Bonchev–Trinajstić information content (AvgIpc) is 2.63. The van der Waals surface area contributed by atoms with Gasteiger partial charge in [-0.25, -0.2) is 0 Å². The number of nitrogens with two attached hydrogens (primary N) is 1. The number of nitrogens with zero attached hydrogens (tertiary/aromatic N) is 3. The van der Waals surface area contributed by atoms with Gasteiger partial charge in [0.1, 0.15) is 0 Å². The normalized spacial score (nSPS) is 11.7. The Bertz CT molecular complexity index is 335. The third kappa shape index (κ3) is 6.35. The van der Waals surface area contributed by atoms with E-state index in [4.69, 9.17) is 10.8 Å². The maximum Gasteiger partial charge on any atom is 0.0558 e. The van der Waals surface area contributed by atoms with E-state index in [9.17, 15) is 0 Å². The molecule has 106 valence electrons. The largest absolute Gasteiger partial charge is 0.395 e. The Balaban J connectivity index is 0.00000289. The van der Waals surface area contributed by atoms with Crippen LogP contribution in [0.15, 0.2) is 12.4 Å². The summed E-state index contributed by atoms with van der Waals surface area (Å²) in [6.45, 7) is 9.25. The van der Waals surface area contributed by atoms with Crippen molar-refractivity contribution in [3.8, 4) is 0 Å². The Morgan fingerprint density at radius 2 is 2.17 bits per heavy atom. The van der Waals surface area contributed by atoms with E-state index >= 15 is 0 Å². The topological polar surface area (TPSA) is 67.3 Å². The van der Waals surface area contributed by atoms with Gasteiger partial charge in [0, 0.05) is 43.5 Å². The van der Waals surface area contributed by atoms with E-state index in [2.05, 4.69) is 16.9 Å². The van der Waals surface area contributed by atoms with Gasteiger partial charge >= 0.3 is 0 Å². The van der Waals surface area contributed by atoms with Gasteiger partial charge in [-0.3, -0.25) is 9.58 Å². The van der Waals surface area contributed by atoms with Gasteiger partial charge in [0.15, 0.2) is 0 Å². The van der Waals surface area contributed by atoms with Crippen LogP contribution in [0.25, 0.3) is 0 Å². The predicted octanol–water partition coefficient (Wildman–Crippen LogP) is 0.856. The van der Waals surface area contributed by atoms with E-state index in [1.807, 2.05) is 30.9 Å². The number of rotatable bonds is 7. The molecule has 1 rings (SSSR count). The number of aryl methyl sites for hydroxylation is 1. The average molecular weight is 277 g/mol. The summed E-state index contributed by atoms with van der Waals surface area (Å²) < 4.78 is 1.90. The van der Waals surface area contributed by atoms with E-state index in [-0.39, 0.29) is 24.6 Å². The minimum Gasteiger partial charge on any atom is -0.395 e. The molecule has 0 saturated heterocycles. The highest BCUT2D eigenvalue weighted by atomic mass is 35.5. The van der Waals surface area contributed by atoms with Crippen molar-refractivity contribution in [1.82, 2.24) is 14.7 Å². The fourth-order valence-electron chi connectivity index (χ4n) is 1.85. The lowest BCUT2D eigenvalue weighted by molar-refractivity contribution is 0.166. The predicted molar refractivity (Wildman–Crippen MR) is 75.8 cm³/mol. The molecule has 18 heavy (non-hydrogen) atoms. The highest BCUT2D eigenvalue weighted by molar-refractivity contribution is 5.85. The Kier molecular flexibility index (Phi) is 7.47. The molecule has 0 atom stereocenters. The lowest BCUT2D eigenvalue weighted by atomic mass is 10.1. The summed E-state index contributed by atoms with van der Waals surface area (Å²) in [4.78, 5) is 2.15. The summed E-state index contributed by atoms with van der Waals surface area (Å²) in [6.07, 6.45) is 3.91. The molecule has 1 heterocycles. The second-order valence-corrected chi connectivity index (χ2v) is 5.13. The molecule has 0 radical (unpaired) electrons.